The molecule has 0 fully saturated rings. The third-order valence-corrected chi connectivity index (χ3v) is 6.84. The summed E-state index contributed by atoms with van der Waals surface area (Å²) < 4.78 is 5.81. The highest BCUT2D eigenvalue weighted by Gasteiger charge is 2.24. The number of aromatic nitrogens is 1. The Morgan fingerprint density at radius 3 is 2.61 bits per heavy atom. The summed E-state index contributed by atoms with van der Waals surface area (Å²) in [6.45, 7) is 10.3. The minimum absolute atomic E-state index is 0.0627. The van der Waals surface area contributed by atoms with Gasteiger partial charge in [0.25, 0.3) is 0 Å². The second kappa shape index (κ2) is 12.6. The summed E-state index contributed by atoms with van der Waals surface area (Å²) in [4.78, 5) is 28.8. The van der Waals surface area contributed by atoms with Crippen LogP contribution in [0.15, 0.2) is 47.3 Å². The molecule has 9 heteroatoms. The van der Waals surface area contributed by atoms with Gasteiger partial charge in [-0.25, -0.2) is 5.84 Å². The number of aliphatic carboxylic acids is 1. The number of nitrogens with one attached hydrogen (secondary N) is 1. The van der Waals surface area contributed by atoms with Crippen molar-refractivity contribution in [3.05, 3.63) is 86.3 Å². The topological polar surface area (TPSA) is 138 Å². The fraction of sp³-hybridized carbons (Fsp3) is 0.379. The van der Waals surface area contributed by atoms with E-state index in [0.29, 0.717) is 43.4 Å². The van der Waals surface area contributed by atoms with E-state index in [-0.39, 0.29) is 17.9 Å². The summed E-state index contributed by atoms with van der Waals surface area (Å²) in [6, 6.07) is 13.0. The molecule has 1 aliphatic rings. The number of carboxylic acids is 1. The van der Waals surface area contributed by atoms with Gasteiger partial charge >= 0.3 is 5.97 Å². The minimum Gasteiger partial charge on any atom is -0.490 e. The summed E-state index contributed by atoms with van der Waals surface area (Å²) >= 11 is 0. The Kier molecular flexibility index (Phi) is 9.55. The highest BCUT2D eigenvalue weighted by molar-refractivity contribution is 5.74. The molecule has 204 valence electrons. The summed E-state index contributed by atoms with van der Waals surface area (Å²) in [5.41, 5.74) is 13.0. The third kappa shape index (κ3) is 6.54. The highest BCUT2D eigenvalue weighted by atomic mass is 16.5. The molecule has 2 aromatic carbocycles. The van der Waals surface area contributed by atoms with Crippen LogP contribution in [0, 0.1) is 13.8 Å². The number of nitrogens with zero attached hydrogens (tertiary/aromatic N) is 2. The molecule has 38 heavy (non-hydrogen) atoms. The van der Waals surface area contributed by atoms with Crippen molar-refractivity contribution in [2.45, 2.75) is 53.1 Å². The van der Waals surface area contributed by atoms with E-state index in [1.165, 1.54) is 11.1 Å². The molecule has 0 unspecified atom stereocenters. The molecule has 1 atom stereocenters. The molecule has 0 aliphatic carbocycles. The van der Waals surface area contributed by atoms with Gasteiger partial charge in [0.1, 0.15) is 12.4 Å². The monoisotopic (exact) mass is 521 g/mol. The number of anilines is 2. The van der Waals surface area contributed by atoms with Crippen LogP contribution >= 0.6 is 0 Å². The fourth-order valence-electron chi connectivity index (χ4n) is 4.80. The number of rotatable bonds is 7. The van der Waals surface area contributed by atoms with Crippen LogP contribution in [0.2, 0.25) is 0 Å². The quantitative estimate of drug-likeness (QED) is 0.209. The van der Waals surface area contributed by atoms with E-state index in [1.807, 2.05) is 52.0 Å². The largest absolute Gasteiger partial charge is 0.490 e. The maximum absolute atomic E-state index is 11.9. The third-order valence-electron chi connectivity index (χ3n) is 6.84. The Balaban J connectivity index is 0.00000195. The molecule has 9 nitrogen and oxygen atoms in total. The van der Waals surface area contributed by atoms with Crippen LogP contribution in [0.5, 0.6) is 5.75 Å². The first kappa shape index (κ1) is 28.7. The van der Waals surface area contributed by atoms with Crippen LogP contribution in [0.1, 0.15) is 59.7 Å². The van der Waals surface area contributed by atoms with E-state index in [4.69, 9.17) is 16.3 Å². The predicted molar refractivity (Wildman–Crippen MR) is 151 cm³/mol. The van der Waals surface area contributed by atoms with Crippen molar-refractivity contribution in [3.8, 4) is 5.75 Å². The van der Waals surface area contributed by atoms with E-state index in [2.05, 4.69) is 16.0 Å². The maximum Gasteiger partial charge on any atom is 0.304 e. The number of aromatic amines is 1. The molecular weight excluding hydrogens is 482 g/mol. The number of hydrogen-bond donors (Lipinski definition) is 4. The van der Waals surface area contributed by atoms with Gasteiger partial charge in [-0.3, -0.25) is 14.5 Å². The summed E-state index contributed by atoms with van der Waals surface area (Å²) in [7, 11) is 1.72. The maximum atomic E-state index is 11.9. The number of benzene rings is 2. The Bertz CT molecular complexity index is 1340. The van der Waals surface area contributed by atoms with E-state index in [9.17, 15) is 14.7 Å². The second-order valence-electron chi connectivity index (χ2n) is 9.38. The first-order valence-electron chi connectivity index (χ1n) is 12.9. The van der Waals surface area contributed by atoms with E-state index >= 15 is 0 Å². The number of aryl methyl sites for hydroxylation is 1. The summed E-state index contributed by atoms with van der Waals surface area (Å²) in [5.74, 6) is 5.35. The molecular formula is C29H39N5O4. The van der Waals surface area contributed by atoms with Crippen molar-refractivity contribution >= 4 is 17.3 Å². The highest BCUT2D eigenvalue weighted by Crippen LogP contribution is 2.37. The number of fused-ring (bicyclic) bond motifs is 1. The van der Waals surface area contributed by atoms with Crippen molar-refractivity contribution in [1.82, 2.24) is 9.88 Å². The van der Waals surface area contributed by atoms with Gasteiger partial charge in [-0.1, -0.05) is 38.1 Å². The molecule has 0 saturated carbocycles. The van der Waals surface area contributed by atoms with Crippen LogP contribution in [0.4, 0.5) is 11.4 Å². The van der Waals surface area contributed by atoms with Gasteiger partial charge < -0.3 is 25.6 Å². The normalized spacial score (nSPS) is 13.8. The summed E-state index contributed by atoms with van der Waals surface area (Å²) in [6.07, 6.45) is -0.0627. The van der Waals surface area contributed by atoms with Crippen LogP contribution < -0.4 is 26.9 Å². The van der Waals surface area contributed by atoms with Crippen molar-refractivity contribution in [2.24, 2.45) is 5.84 Å². The number of nitrogens with two attached hydrogens (primary N) is 2. The molecule has 4 rings (SSSR count). The van der Waals surface area contributed by atoms with Crippen LogP contribution in [0.3, 0.4) is 0 Å². The van der Waals surface area contributed by atoms with Crippen molar-refractivity contribution in [2.75, 3.05) is 30.9 Å². The fourth-order valence-corrected chi connectivity index (χ4v) is 4.80. The van der Waals surface area contributed by atoms with Gasteiger partial charge in [0, 0.05) is 38.7 Å². The van der Waals surface area contributed by atoms with Crippen LogP contribution in [-0.4, -0.2) is 41.2 Å². The van der Waals surface area contributed by atoms with Gasteiger partial charge in [-0.05, 0) is 53.8 Å². The van der Waals surface area contributed by atoms with Crippen molar-refractivity contribution in [3.63, 3.8) is 0 Å². The van der Waals surface area contributed by atoms with Crippen LogP contribution in [0.25, 0.3) is 0 Å². The van der Waals surface area contributed by atoms with E-state index < -0.39 is 5.97 Å². The van der Waals surface area contributed by atoms with Gasteiger partial charge in [0.2, 0.25) is 5.56 Å². The molecule has 2 heterocycles. The minimum atomic E-state index is -0.884. The van der Waals surface area contributed by atoms with Crippen molar-refractivity contribution in [1.29, 1.82) is 0 Å². The number of pyridine rings is 1. The van der Waals surface area contributed by atoms with Crippen molar-refractivity contribution < 1.29 is 14.6 Å². The van der Waals surface area contributed by atoms with Gasteiger partial charge in [0.05, 0.1) is 23.5 Å². The second-order valence-corrected chi connectivity index (χ2v) is 9.38. The zero-order valence-electron chi connectivity index (χ0n) is 22.9. The first-order chi connectivity index (χ1) is 18.1. The molecule has 0 amide bonds. The number of carboxylic acid groups (broad SMARTS) is 1. The Labute approximate surface area is 224 Å². The average molecular weight is 522 g/mol. The Morgan fingerprint density at radius 1 is 1.18 bits per heavy atom. The molecule has 0 radical (unpaired) electrons. The molecule has 3 aromatic rings. The van der Waals surface area contributed by atoms with Gasteiger partial charge in [-0.15, -0.1) is 0 Å². The van der Waals surface area contributed by atoms with Crippen LogP contribution in [-0.2, 0) is 17.9 Å². The average Bonchev–Trinajstić information content (AvgIpc) is 3.08. The lowest BCUT2D eigenvalue weighted by Crippen LogP contribution is -2.26. The molecule has 0 bridgehead atoms. The van der Waals surface area contributed by atoms with Gasteiger partial charge in [0.15, 0.2) is 0 Å². The zero-order valence-corrected chi connectivity index (χ0v) is 22.9. The first-order valence-corrected chi connectivity index (χ1v) is 12.9. The SMILES string of the molecule is CC.Cc1ccc([C@@H](CC(=O)O)c2ccc(N(C)N)c(N)c2C)cc1CN1CCOc2ccc(=O)[nH]c2C1. The lowest BCUT2D eigenvalue weighted by molar-refractivity contribution is -0.137. The molecule has 1 aliphatic heterocycles. The number of ether oxygens (including phenoxy) is 1. The predicted octanol–water partition coefficient (Wildman–Crippen LogP) is 3.91. The Morgan fingerprint density at radius 2 is 1.92 bits per heavy atom. The number of hydrazine groups is 1. The number of carbonyl (C=O) groups is 1. The molecule has 0 spiro atoms. The lowest BCUT2D eigenvalue weighted by Gasteiger charge is -2.25. The number of hydrogen-bond acceptors (Lipinski definition) is 7. The van der Waals surface area contributed by atoms with E-state index in [0.717, 1.165) is 33.5 Å². The number of H-pyrrole nitrogens is 1. The zero-order chi connectivity index (χ0) is 28.0. The summed E-state index contributed by atoms with van der Waals surface area (Å²) in [5, 5.41) is 11.2. The molecule has 6 N–H and O–H groups in total. The standard InChI is InChI=1S/C27H33N5O4.C2H6/c1-16-4-5-18(21(13-26(34)35)20-6-7-23(31(3)29)27(28)17(20)2)12-19(16)14-32-10-11-36-24-8-9-25(33)30-22(24)15-32;1-2/h4-9,12,21H,10-11,13-15,28-29H2,1-3H3,(H,30,33)(H,34,35);1-2H3/t21-;/m1./s1. The van der Waals surface area contributed by atoms with Gasteiger partial charge in [-0.2, -0.15) is 0 Å². The van der Waals surface area contributed by atoms with E-state index in [1.54, 1.807) is 13.1 Å². The molecule has 1 aromatic heterocycles. The smallest absolute Gasteiger partial charge is 0.304 e. The lowest BCUT2D eigenvalue weighted by atomic mass is 9.84. The number of nitrogen functional groups attached to an aromatic ring is 1. The molecule has 0 saturated heterocycles. The Hall–Kier alpha value is -3.82.